The number of benzene rings is 1. The Morgan fingerprint density at radius 3 is 2.65 bits per heavy atom. The molecule has 0 spiro atoms. The Labute approximate surface area is 122 Å². The third-order valence-electron chi connectivity index (χ3n) is 3.55. The summed E-state index contributed by atoms with van der Waals surface area (Å²) < 4.78 is 4.68. The summed E-state index contributed by atoms with van der Waals surface area (Å²) in [5, 5.41) is 3.08. The van der Waals surface area contributed by atoms with Crippen LogP contribution in [0.25, 0.3) is 0 Å². The van der Waals surface area contributed by atoms with Gasteiger partial charge in [-0.1, -0.05) is 11.6 Å². The van der Waals surface area contributed by atoms with Crippen molar-refractivity contribution in [3.8, 4) is 0 Å². The largest absolute Gasteiger partial charge is 0.465 e. The summed E-state index contributed by atoms with van der Waals surface area (Å²) in [4.78, 5) is 23.9. The van der Waals surface area contributed by atoms with Crippen LogP contribution in [0.1, 0.15) is 30.1 Å². The highest BCUT2D eigenvalue weighted by Gasteiger charge is 2.44. The van der Waals surface area contributed by atoms with Crippen LogP contribution in [0, 0.1) is 5.92 Å². The molecule has 0 heterocycles. The lowest BCUT2D eigenvalue weighted by Gasteiger charge is -2.23. The molecule has 1 fully saturated rings. The first-order valence-corrected chi connectivity index (χ1v) is 6.72. The summed E-state index contributed by atoms with van der Waals surface area (Å²) in [5.74, 6) is -0.684. The number of ether oxygens (including phenoxy) is 1. The van der Waals surface area contributed by atoms with E-state index in [0.717, 1.165) is 12.8 Å². The summed E-state index contributed by atoms with van der Waals surface area (Å²) in [6, 6.07) is 4.61. The van der Waals surface area contributed by atoms with Gasteiger partial charge >= 0.3 is 5.97 Å². The summed E-state index contributed by atoms with van der Waals surface area (Å²) in [7, 11) is 1.27. The van der Waals surface area contributed by atoms with E-state index in [1.54, 1.807) is 19.1 Å². The van der Waals surface area contributed by atoms with Gasteiger partial charge in [0, 0.05) is 5.02 Å². The van der Waals surface area contributed by atoms with Crippen molar-refractivity contribution < 1.29 is 14.3 Å². The van der Waals surface area contributed by atoms with Crippen molar-refractivity contribution in [3.63, 3.8) is 0 Å². The average Bonchev–Trinajstić information content (AvgIpc) is 3.24. The molecule has 0 aliphatic heterocycles. The first-order valence-electron chi connectivity index (χ1n) is 6.34. The van der Waals surface area contributed by atoms with Crippen LogP contribution in [0.3, 0.4) is 0 Å². The van der Waals surface area contributed by atoms with Crippen molar-refractivity contribution in [2.75, 3.05) is 12.4 Å². The minimum Gasteiger partial charge on any atom is -0.465 e. The van der Waals surface area contributed by atoms with Crippen LogP contribution in [0.15, 0.2) is 18.2 Å². The lowest BCUT2D eigenvalue weighted by Crippen LogP contribution is -2.50. The van der Waals surface area contributed by atoms with Gasteiger partial charge in [-0.2, -0.15) is 0 Å². The zero-order valence-electron chi connectivity index (χ0n) is 11.4. The molecule has 20 heavy (non-hydrogen) atoms. The summed E-state index contributed by atoms with van der Waals surface area (Å²) in [6.07, 6.45) is 1.90. The van der Waals surface area contributed by atoms with Crippen LogP contribution in [-0.2, 0) is 9.53 Å². The molecular formula is C14H17ClN2O3. The molecular weight excluding hydrogens is 280 g/mol. The number of anilines is 1. The number of hydrogen-bond acceptors (Lipinski definition) is 4. The van der Waals surface area contributed by atoms with E-state index < -0.39 is 11.5 Å². The van der Waals surface area contributed by atoms with Gasteiger partial charge in [-0.3, -0.25) is 4.79 Å². The smallest absolute Gasteiger partial charge is 0.340 e. The van der Waals surface area contributed by atoms with E-state index in [9.17, 15) is 9.59 Å². The molecule has 1 aromatic carbocycles. The van der Waals surface area contributed by atoms with Gasteiger partial charge in [-0.05, 0) is 43.9 Å². The number of hydrogen-bond donors (Lipinski definition) is 2. The number of amides is 1. The number of carbonyl (C=O) groups excluding carboxylic acids is 2. The molecule has 1 amide bonds. The first kappa shape index (κ1) is 14.8. The normalized spacial score (nSPS) is 17.2. The van der Waals surface area contributed by atoms with Crippen molar-refractivity contribution >= 4 is 29.2 Å². The molecule has 1 saturated carbocycles. The number of methoxy groups -OCH3 is 1. The molecule has 0 aromatic heterocycles. The third-order valence-corrected chi connectivity index (χ3v) is 3.78. The van der Waals surface area contributed by atoms with Crippen LogP contribution in [-0.4, -0.2) is 24.5 Å². The highest BCUT2D eigenvalue weighted by atomic mass is 35.5. The van der Waals surface area contributed by atoms with Gasteiger partial charge in [0.05, 0.1) is 23.9 Å². The molecule has 0 bridgehead atoms. The number of halogens is 1. The Balaban J connectivity index is 2.24. The van der Waals surface area contributed by atoms with Gasteiger partial charge < -0.3 is 15.8 Å². The first-order chi connectivity index (χ1) is 9.36. The summed E-state index contributed by atoms with van der Waals surface area (Å²) >= 11 is 5.86. The topological polar surface area (TPSA) is 81.4 Å². The Bertz CT molecular complexity index is 553. The Hall–Kier alpha value is -1.59. The maximum Gasteiger partial charge on any atom is 0.340 e. The SMILES string of the molecule is COC(=O)c1cc(Cl)ccc1NC(=O)C(C)(N)C1CC1. The molecule has 5 nitrogen and oxygen atoms in total. The van der Waals surface area contributed by atoms with Gasteiger partial charge in [-0.15, -0.1) is 0 Å². The molecule has 6 heteroatoms. The second-order valence-corrected chi connectivity index (χ2v) is 5.63. The Kier molecular flexibility index (Phi) is 4.01. The molecule has 3 N–H and O–H groups in total. The molecule has 1 aromatic rings. The predicted octanol–water partition coefficient (Wildman–Crippen LogP) is 2.19. The fourth-order valence-electron chi connectivity index (χ4n) is 2.03. The van der Waals surface area contributed by atoms with Gasteiger partial charge in [0.15, 0.2) is 0 Å². The van der Waals surface area contributed by atoms with E-state index in [2.05, 4.69) is 10.1 Å². The van der Waals surface area contributed by atoms with Gasteiger partial charge in [0.2, 0.25) is 5.91 Å². The lowest BCUT2D eigenvalue weighted by molar-refractivity contribution is -0.121. The summed E-state index contributed by atoms with van der Waals surface area (Å²) in [5.41, 5.74) is 5.67. The monoisotopic (exact) mass is 296 g/mol. The number of carbonyl (C=O) groups is 2. The fourth-order valence-corrected chi connectivity index (χ4v) is 2.20. The molecule has 1 aliphatic carbocycles. The predicted molar refractivity (Wildman–Crippen MR) is 76.7 cm³/mol. The van der Waals surface area contributed by atoms with Crippen LogP contribution >= 0.6 is 11.6 Å². The Morgan fingerprint density at radius 1 is 1.45 bits per heavy atom. The second-order valence-electron chi connectivity index (χ2n) is 5.19. The number of rotatable bonds is 4. The highest BCUT2D eigenvalue weighted by molar-refractivity contribution is 6.31. The van der Waals surface area contributed by atoms with Gasteiger partial charge in [-0.25, -0.2) is 4.79 Å². The van der Waals surface area contributed by atoms with E-state index in [4.69, 9.17) is 17.3 Å². The fraction of sp³-hybridized carbons (Fsp3) is 0.429. The zero-order valence-corrected chi connectivity index (χ0v) is 12.2. The maximum atomic E-state index is 12.2. The average molecular weight is 297 g/mol. The van der Waals surface area contributed by atoms with Gasteiger partial charge in [0.25, 0.3) is 0 Å². The van der Waals surface area contributed by atoms with Crippen molar-refractivity contribution in [3.05, 3.63) is 28.8 Å². The molecule has 108 valence electrons. The van der Waals surface area contributed by atoms with E-state index >= 15 is 0 Å². The molecule has 1 aliphatic rings. The van der Waals surface area contributed by atoms with Crippen molar-refractivity contribution in [1.29, 1.82) is 0 Å². The highest BCUT2D eigenvalue weighted by Crippen LogP contribution is 2.38. The number of nitrogens with two attached hydrogens (primary N) is 1. The van der Waals surface area contributed by atoms with E-state index in [0.29, 0.717) is 10.7 Å². The van der Waals surface area contributed by atoms with Crippen LogP contribution < -0.4 is 11.1 Å². The molecule has 2 rings (SSSR count). The van der Waals surface area contributed by atoms with Crippen molar-refractivity contribution in [2.24, 2.45) is 11.7 Å². The molecule has 0 saturated heterocycles. The Morgan fingerprint density at radius 2 is 2.10 bits per heavy atom. The van der Waals surface area contributed by atoms with Gasteiger partial charge in [0.1, 0.15) is 0 Å². The zero-order chi connectivity index (χ0) is 14.9. The third kappa shape index (κ3) is 2.94. The molecule has 1 unspecified atom stereocenters. The summed E-state index contributed by atoms with van der Waals surface area (Å²) in [6.45, 7) is 1.70. The minimum absolute atomic E-state index is 0.191. The molecule has 1 atom stereocenters. The van der Waals surface area contributed by atoms with Crippen LogP contribution in [0.4, 0.5) is 5.69 Å². The quantitative estimate of drug-likeness (QED) is 0.835. The van der Waals surface area contributed by atoms with E-state index in [-0.39, 0.29) is 17.4 Å². The maximum absolute atomic E-state index is 12.2. The lowest BCUT2D eigenvalue weighted by atomic mass is 9.96. The van der Waals surface area contributed by atoms with E-state index in [1.807, 2.05) is 0 Å². The van der Waals surface area contributed by atoms with Crippen molar-refractivity contribution in [1.82, 2.24) is 0 Å². The number of nitrogens with one attached hydrogen (secondary N) is 1. The minimum atomic E-state index is -0.937. The van der Waals surface area contributed by atoms with Crippen molar-refractivity contribution in [2.45, 2.75) is 25.3 Å². The second kappa shape index (κ2) is 5.42. The van der Waals surface area contributed by atoms with E-state index in [1.165, 1.54) is 13.2 Å². The standard InChI is InChI=1S/C14H17ClN2O3/c1-14(16,8-3-4-8)13(19)17-11-6-5-9(15)7-10(11)12(18)20-2/h5-8H,3-4,16H2,1-2H3,(H,17,19). The number of esters is 1. The van der Waals surface area contributed by atoms with Crippen LogP contribution in [0.2, 0.25) is 5.02 Å². The molecule has 0 radical (unpaired) electrons. The van der Waals surface area contributed by atoms with Crippen LogP contribution in [0.5, 0.6) is 0 Å².